The number of H-pyrrole nitrogens is 1. The van der Waals surface area contributed by atoms with E-state index >= 15 is 0 Å². The van der Waals surface area contributed by atoms with E-state index in [1.807, 2.05) is 12.1 Å². The molecule has 0 atom stereocenters. The maximum Gasteiger partial charge on any atom is 0.265 e. The molecule has 1 saturated carbocycles. The average molecular weight is 334 g/mol. The van der Waals surface area contributed by atoms with Crippen LogP contribution in [-0.2, 0) is 6.42 Å². The van der Waals surface area contributed by atoms with Gasteiger partial charge in [0.1, 0.15) is 10.3 Å². The van der Waals surface area contributed by atoms with Crippen molar-refractivity contribution in [1.82, 2.24) is 15.0 Å². The van der Waals surface area contributed by atoms with Crippen LogP contribution in [0.3, 0.4) is 0 Å². The summed E-state index contributed by atoms with van der Waals surface area (Å²) in [5, 5.41) is 0. The summed E-state index contributed by atoms with van der Waals surface area (Å²) >= 11 is 3.39. The second-order valence-corrected chi connectivity index (χ2v) is 6.02. The lowest BCUT2D eigenvalue weighted by Gasteiger charge is -2.12. The number of aromatic nitrogens is 3. The van der Waals surface area contributed by atoms with E-state index in [4.69, 9.17) is 0 Å². The summed E-state index contributed by atoms with van der Waals surface area (Å²) in [6, 6.07) is 3.88. The second-order valence-electron chi connectivity index (χ2n) is 5.23. The number of rotatable bonds is 3. The first-order chi connectivity index (χ1) is 9.74. The maximum atomic E-state index is 12.0. The highest BCUT2D eigenvalue weighted by Crippen LogP contribution is 2.35. The Morgan fingerprint density at radius 1 is 1.35 bits per heavy atom. The van der Waals surface area contributed by atoms with Gasteiger partial charge < -0.3 is 4.98 Å². The number of nitrogens with zero attached hydrogens (tertiary/aromatic N) is 2. The first-order valence-electron chi connectivity index (χ1n) is 6.91. The minimum absolute atomic E-state index is 0.0826. The molecule has 20 heavy (non-hydrogen) atoms. The average Bonchev–Trinajstić information content (AvgIpc) is 2.98. The first kappa shape index (κ1) is 13.5. The summed E-state index contributed by atoms with van der Waals surface area (Å²) in [5.41, 5.74) is 1.89. The normalized spacial score (nSPS) is 15.7. The molecule has 4 nitrogen and oxygen atoms in total. The molecule has 2 heterocycles. The Kier molecular flexibility index (Phi) is 3.96. The van der Waals surface area contributed by atoms with Gasteiger partial charge in [-0.25, -0.2) is 4.98 Å². The molecule has 0 aromatic carbocycles. The molecule has 0 aliphatic heterocycles. The fourth-order valence-corrected chi connectivity index (χ4v) is 3.29. The summed E-state index contributed by atoms with van der Waals surface area (Å²) in [4.78, 5) is 23.7. The molecule has 0 amide bonds. The zero-order valence-electron chi connectivity index (χ0n) is 11.1. The third-order valence-corrected chi connectivity index (χ3v) is 4.54. The van der Waals surface area contributed by atoms with Crippen LogP contribution in [0.2, 0.25) is 0 Å². The number of nitrogens with one attached hydrogen (secondary N) is 1. The molecule has 1 aliphatic rings. The highest BCUT2D eigenvalue weighted by Gasteiger charge is 2.22. The van der Waals surface area contributed by atoms with Crippen LogP contribution >= 0.6 is 15.9 Å². The lowest BCUT2D eigenvalue weighted by Crippen LogP contribution is -2.17. The molecule has 2 aromatic heterocycles. The van der Waals surface area contributed by atoms with E-state index in [0.717, 1.165) is 24.1 Å². The van der Waals surface area contributed by atoms with Crippen molar-refractivity contribution in [3.8, 4) is 0 Å². The quantitative estimate of drug-likeness (QED) is 0.938. The van der Waals surface area contributed by atoms with E-state index in [9.17, 15) is 4.79 Å². The van der Waals surface area contributed by atoms with Crippen molar-refractivity contribution >= 4 is 15.9 Å². The SMILES string of the molecule is O=c1[nH]c(Cc2cccnc2)nc(C2CCCC2)c1Br. The van der Waals surface area contributed by atoms with E-state index < -0.39 is 0 Å². The van der Waals surface area contributed by atoms with Gasteiger partial charge in [-0.05, 0) is 40.4 Å². The van der Waals surface area contributed by atoms with Gasteiger partial charge in [0.15, 0.2) is 0 Å². The molecule has 0 saturated heterocycles. The van der Waals surface area contributed by atoms with Crippen LogP contribution in [0, 0.1) is 0 Å². The predicted octanol–water partition coefficient (Wildman–Crippen LogP) is 3.18. The third kappa shape index (κ3) is 2.82. The number of hydrogen-bond donors (Lipinski definition) is 1. The monoisotopic (exact) mass is 333 g/mol. The van der Waals surface area contributed by atoms with Crippen molar-refractivity contribution < 1.29 is 0 Å². The van der Waals surface area contributed by atoms with Gasteiger partial charge in [0.2, 0.25) is 0 Å². The van der Waals surface area contributed by atoms with E-state index in [1.54, 1.807) is 12.4 Å². The molecule has 1 aliphatic carbocycles. The molecule has 1 N–H and O–H groups in total. The number of aromatic amines is 1. The Labute approximate surface area is 125 Å². The molecule has 0 radical (unpaired) electrons. The van der Waals surface area contributed by atoms with Gasteiger partial charge in [-0.15, -0.1) is 0 Å². The summed E-state index contributed by atoms with van der Waals surface area (Å²) in [6.45, 7) is 0. The van der Waals surface area contributed by atoms with E-state index in [1.165, 1.54) is 12.8 Å². The van der Waals surface area contributed by atoms with Crippen LogP contribution in [0.1, 0.15) is 48.7 Å². The highest BCUT2D eigenvalue weighted by atomic mass is 79.9. The molecule has 0 bridgehead atoms. The van der Waals surface area contributed by atoms with Gasteiger partial charge in [0.25, 0.3) is 5.56 Å². The summed E-state index contributed by atoms with van der Waals surface area (Å²) in [7, 11) is 0. The standard InChI is InChI=1S/C15H16BrN3O/c16-13-14(11-5-1-2-6-11)18-12(19-15(13)20)8-10-4-3-7-17-9-10/h3-4,7,9,11H,1-2,5-6,8H2,(H,18,19,20). The highest BCUT2D eigenvalue weighted by molar-refractivity contribution is 9.10. The molecule has 2 aromatic rings. The van der Waals surface area contributed by atoms with Gasteiger partial charge >= 0.3 is 0 Å². The minimum atomic E-state index is -0.0826. The first-order valence-corrected chi connectivity index (χ1v) is 7.71. The Morgan fingerprint density at radius 2 is 2.15 bits per heavy atom. The summed E-state index contributed by atoms with van der Waals surface area (Å²) in [6.07, 6.45) is 8.86. The Morgan fingerprint density at radius 3 is 2.85 bits per heavy atom. The van der Waals surface area contributed by atoms with E-state index in [-0.39, 0.29) is 5.56 Å². The fraction of sp³-hybridized carbons (Fsp3) is 0.400. The molecular weight excluding hydrogens is 318 g/mol. The third-order valence-electron chi connectivity index (χ3n) is 3.77. The lowest BCUT2D eigenvalue weighted by molar-refractivity contribution is 0.677. The van der Waals surface area contributed by atoms with E-state index in [0.29, 0.717) is 22.6 Å². The van der Waals surface area contributed by atoms with Crippen LogP contribution in [0.4, 0.5) is 0 Å². The van der Waals surface area contributed by atoms with Crippen molar-refractivity contribution in [2.24, 2.45) is 0 Å². The van der Waals surface area contributed by atoms with Gasteiger partial charge in [-0.2, -0.15) is 0 Å². The van der Waals surface area contributed by atoms with Crippen molar-refractivity contribution in [1.29, 1.82) is 0 Å². The molecule has 1 fully saturated rings. The Hall–Kier alpha value is -1.49. The minimum Gasteiger partial charge on any atom is -0.309 e. The molecule has 104 valence electrons. The largest absolute Gasteiger partial charge is 0.309 e. The second kappa shape index (κ2) is 5.87. The summed E-state index contributed by atoms with van der Waals surface area (Å²) < 4.78 is 0.597. The topological polar surface area (TPSA) is 58.6 Å². The maximum absolute atomic E-state index is 12.0. The molecule has 5 heteroatoms. The van der Waals surface area contributed by atoms with Gasteiger partial charge in [-0.1, -0.05) is 18.9 Å². The van der Waals surface area contributed by atoms with Crippen molar-refractivity contribution in [3.63, 3.8) is 0 Å². The zero-order valence-corrected chi connectivity index (χ0v) is 12.7. The Bertz CT molecular complexity index is 648. The van der Waals surface area contributed by atoms with Gasteiger partial charge in [-0.3, -0.25) is 9.78 Å². The smallest absolute Gasteiger partial charge is 0.265 e. The number of halogens is 1. The van der Waals surface area contributed by atoms with Crippen LogP contribution < -0.4 is 5.56 Å². The van der Waals surface area contributed by atoms with Gasteiger partial charge in [0.05, 0.1) is 5.69 Å². The molecule has 0 unspecified atom stereocenters. The lowest BCUT2D eigenvalue weighted by atomic mass is 10.0. The fourth-order valence-electron chi connectivity index (χ4n) is 2.77. The predicted molar refractivity (Wildman–Crippen MR) is 80.8 cm³/mol. The number of hydrogen-bond acceptors (Lipinski definition) is 3. The van der Waals surface area contributed by atoms with Crippen LogP contribution in [0.25, 0.3) is 0 Å². The van der Waals surface area contributed by atoms with Gasteiger partial charge in [0, 0.05) is 24.7 Å². The van der Waals surface area contributed by atoms with E-state index in [2.05, 4.69) is 30.9 Å². The van der Waals surface area contributed by atoms with Crippen molar-refractivity contribution in [3.05, 3.63) is 56.4 Å². The van der Waals surface area contributed by atoms with Crippen LogP contribution in [0.15, 0.2) is 33.8 Å². The zero-order chi connectivity index (χ0) is 13.9. The summed E-state index contributed by atoms with van der Waals surface area (Å²) in [5.74, 6) is 1.13. The van der Waals surface area contributed by atoms with Crippen molar-refractivity contribution in [2.75, 3.05) is 0 Å². The van der Waals surface area contributed by atoms with Crippen molar-refractivity contribution in [2.45, 2.75) is 38.0 Å². The Balaban J connectivity index is 1.94. The number of pyridine rings is 1. The molecule has 0 spiro atoms. The molecular formula is C15H16BrN3O. The molecule has 3 rings (SSSR count). The van der Waals surface area contributed by atoms with Crippen LogP contribution in [-0.4, -0.2) is 15.0 Å². The van der Waals surface area contributed by atoms with Crippen LogP contribution in [0.5, 0.6) is 0 Å².